The first kappa shape index (κ1) is 15.9. The second kappa shape index (κ2) is 14.9. The maximum Gasteiger partial charge on any atom is -0.0417 e. The Labute approximate surface area is 87.7 Å². The van der Waals surface area contributed by atoms with Crippen molar-refractivity contribution in [2.45, 2.75) is 59.3 Å². The van der Waals surface area contributed by atoms with Crippen molar-refractivity contribution in [2.24, 2.45) is 5.92 Å². The molecule has 0 N–H and O–H groups in total. The maximum atomic E-state index is 2.32. The average molecular weight is 204 g/mol. The summed E-state index contributed by atoms with van der Waals surface area (Å²) in [6, 6.07) is 0. The third-order valence-electron chi connectivity index (χ3n) is 2.30. The summed E-state index contributed by atoms with van der Waals surface area (Å²) in [4.78, 5) is 0. The van der Waals surface area contributed by atoms with Gasteiger partial charge in [-0.05, 0) is 19.2 Å². The van der Waals surface area contributed by atoms with Crippen LogP contribution in [0.2, 0.25) is 0 Å². The average Bonchev–Trinajstić information content (AvgIpc) is 2.23. The highest BCUT2D eigenvalue weighted by molar-refractivity contribution is 7.35. The van der Waals surface area contributed by atoms with Crippen molar-refractivity contribution in [3.8, 4) is 0 Å². The van der Waals surface area contributed by atoms with Crippen LogP contribution < -0.4 is 0 Å². The van der Waals surface area contributed by atoms with Crippen LogP contribution in [0.1, 0.15) is 59.3 Å². The summed E-state index contributed by atoms with van der Waals surface area (Å²) in [6.45, 7) is 10.6. The Morgan fingerprint density at radius 2 is 1.38 bits per heavy atom. The van der Waals surface area contributed by atoms with Crippen LogP contribution in [0.3, 0.4) is 0 Å². The largest absolute Gasteiger partial charge is 0.129 e. The zero-order valence-electron chi connectivity index (χ0n) is 10.3. The van der Waals surface area contributed by atoms with Crippen LogP contribution in [-0.2, 0) is 0 Å². The molecule has 0 heterocycles. The zero-order valence-corrected chi connectivity index (χ0v) is 11.3. The molecular weight excluding hydrogens is 175 g/mol. The van der Waals surface area contributed by atoms with E-state index in [0.717, 1.165) is 14.5 Å². The molecule has 82 valence electrons. The Kier molecular flexibility index (Phi) is 18.2. The molecule has 0 aromatic heterocycles. The van der Waals surface area contributed by atoms with Crippen molar-refractivity contribution in [3.05, 3.63) is 0 Å². The van der Waals surface area contributed by atoms with E-state index in [1.54, 1.807) is 0 Å². The molecule has 0 spiro atoms. The quantitative estimate of drug-likeness (QED) is 0.531. The highest BCUT2D eigenvalue weighted by Crippen LogP contribution is 2.25. The van der Waals surface area contributed by atoms with Gasteiger partial charge in [0.1, 0.15) is 0 Å². The fourth-order valence-electron chi connectivity index (χ4n) is 1.60. The van der Waals surface area contributed by atoms with Crippen molar-refractivity contribution >= 4 is 8.58 Å². The first-order chi connectivity index (χ1) is 6.35. The summed E-state index contributed by atoms with van der Waals surface area (Å²) in [6.07, 6.45) is 8.93. The van der Waals surface area contributed by atoms with Gasteiger partial charge in [0.05, 0.1) is 0 Å². The molecule has 0 bridgehead atoms. The van der Waals surface area contributed by atoms with Gasteiger partial charge < -0.3 is 0 Å². The second-order valence-corrected chi connectivity index (χ2v) is 4.41. The van der Waals surface area contributed by atoms with Gasteiger partial charge in [0.15, 0.2) is 0 Å². The summed E-state index contributed by atoms with van der Waals surface area (Å²) in [5.41, 5.74) is 0. The van der Waals surface area contributed by atoms with Crippen LogP contribution in [0.25, 0.3) is 0 Å². The van der Waals surface area contributed by atoms with Gasteiger partial charge in [0.2, 0.25) is 0 Å². The third kappa shape index (κ3) is 12.4. The van der Waals surface area contributed by atoms with Crippen LogP contribution in [-0.4, -0.2) is 13.3 Å². The highest BCUT2D eigenvalue weighted by Gasteiger charge is 2.09. The van der Waals surface area contributed by atoms with Gasteiger partial charge in [-0.1, -0.05) is 59.3 Å². The molecule has 1 aliphatic rings. The van der Waals surface area contributed by atoms with E-state index in [4.69, 9.17) is 0 Å². The van der Waals surface area contributed by atoms with E-state index in [1.165, 1.54) is 38.5 Å². The second-order valence-electron chi connectivity index (χ2n) is 3.41. The van der Waals surface area contributed by atoms with Gasteiger partial charge in [-0.2, -0.15) is 0 Å². The van der Waals surface area contributed by atoms with Crippen molar-refractivity contribution < 1.29 is 0 Å². The van der Waals surface area contributed by atoms with E-state index in [1.807, 2.05) is 13.8 Å². The molecule has 1 heteroatoms. The minimum absolute atomic E-state index is 1.08. The van der Waals surface area contributed by atoms with Gasteiger partial charge in [0, 0.05) is 0 Å². The van der Waals surface area contributed by atoms with Crippen LogP contribution in [0.5, 0.6) is 0 Å². The van der Waals surface area contributed by atoms with Crippen molar-refractivity contribution in [1.29, 1.82) is 0 Å². The lowest BCUT2D eigenvalue weighted by molar-refractivity contribution is 0.349. The Morgan fingerprint density at radius 1 is 1.00 bits per heavy atom. The SMILES string of the molecule is CC.CCC1CCCCC1.CPC. The molecule has 0 radical (unpaired) electrons. The summed E-state index contributed by atoms with van der Waals surface area (Å²) < 4.78 is 0. The summed E-state index contributed by atoms with van der Waals surface area (Å²) in [7, 11) is 1.08. The monoisotopic (exact) mass is 204 g/mol. The predicted octanol–water partition coefficient (Wildman–Crippen LogP) is 4.93. The third-order valence-corrected chi connectivity index (χ3v) is 2.30. The van der Waals surface area contributed by atoms with E-state index in [0.29, 0.717) is 0 Å². The van der Waals surface area contributed by atoms with Crippen LogP contribution in [0.15, 0.2) is 0 Å². The Balaban J connectivity index is 0. The lowest BCUT2D eigenvalue weighted by atomic mass is 9.88. The lowest BCUT2D eigenvalue weighted by Gasteiger charge is -2.18. The molecule has 13 heavy (non-hydrogen) atoms. The fourth-order valence-corrected chi connectivity index (χ4v) is 1.60. The lowest BCUT2D eigenvalue weighted by Crippen LogP contribution is -2.03. The van der Waals surface area contributed by atoms with Crippen molar-refractivity contribution in [2.75, 3.05) is 13.3 Å². The molecule has 0 atom stereocenters. The molecule has 0 nitrogen and oxygen atoms in total. The van der Waals surface area contributed by atoms with Crippen LogP contribution >= 0.6 is 8.58 Å². The van der Waals surface area contributed by atoms with E-state index < -0.39 is 0 Å². The maximum absolute atomic E-state index is 2.32. The molecule has 0 aromatic rings. The smallest absolute Gasteiger partial charge is 0.0417 e. The first-order valence-corrected chi connectivity index (χ1v) is 7.93. The molecule has 0 saturated heterocycles. The van der Waals surface area contributed by atoms with E-state index in [-0.39, 0.29) is 0 Å². The molecule has 0 unspecified atom stereocenters. The molecule has 1 aliphatic carbocycles. The van der Waals surface area contributed by atoms with Crippen molar-refractivity contribution in [1.82, 2.24) is 0 Å². The van der Waals surface area contributed by atoms with Crippen LogP contribution in [0, 0.1) is 5.92 Å². The Morgan fingerprint density at radius 3 is 1.62 bits per heavy atom. The molecule has 0 aromatic carbocycles. The summed E-state index contributed by atoms with van der Waals surface area (Å²) in [5.74, 6) is 1.09. The Hall–Kier alpha value is 0.430. The summed E-state index contributed by atoms with van der Waals surface area (Å²) in [5, 5.41) is 0. The molecule has 1 rings (SSSR count). The fraction of sp³-hybridized carbons (Fsp3) is 1.00. The first-order valence-electron chi connectivity index (χ1n) is 5.93. The highest BCUT2D eigenvalue weighted by atomic mass is 31.1. The molecular formula is C12H29P. The van der Waals surface area contributed by atoms with Crippen LogP contribution in [0.4, 0.5) is 0 Å². The topological polar surface area (TPSA) is 0 Å². The minimum atomic E-state index is 1.08. The van der Waals surface area contributed by atoms with E-state index in [9.17, 15) is 0 Å². The van der Waals surface area contributed by atoms with E-state index in [2.05, 4.69) is 20.3 Å². The number of hydrogen-bond donors (Lipinski definition) is 0. The van der Waals surface area contributed by atoms with Gasteiger partial charge in [-0.25, -0.2) is 0 Å². The molecule has 1 fully saturated rings. The zero-order chi connectivity index (χ0) is 10.5. The van der Waals surface area contributed by atoms with Gasteiger partial charge in [-0.3, -0.25) is 0 Å². The van der Waals surface area contributed by atoms with E-state index >= 15 is 0 Å². The normalized spacial score (nSPS) is 16.4. The number of hydrogen-bond acceptors (Lipinski definition) is 0. The van der Waals surface area contributed by atoms with Gasteiger partial charge >= 0.3 is 0 Å². The number of rotatable bonds is 1. The minimum Gasteiger partial charge on any atom is -0.129 e. The molecule has 0 aliphatic heterocycles. The molecule has 1 saturated carbocycles. The standard InChI is InChI=1S/C8H16.C2H7P.C2H6/c1-2-8-6-4-3-5-7-8;1-3-2;1-2/h8H,2-7H2,1H3;3H,1-2H3;1-2H3. The summed E-state index contributed by atoms with van der Waals surface area (Å²) >= 11 is 0. The molecule has 0 amide bonds. The van der Waals surface area contributed by atoms with Gasteiger partial charge in [-0.15, -0.1) is 8.58 Å². The van der Waals surface area contributed by atoms with Gasteiger partial charge in [0.25, 0.3) is 0 Å². The Bertz CT molecular complexity index is 65.5. The van der Waals surface area contributed by atoms with Crippen molar-refractivity contribution in [3.63, 3.8) is 0 Å². The predicted molar refractivity (Wildman–Crippen MR) is 68.4 cm³/mol.